The molecule has 0 spiro atoms. The molecule has 0 bridgehead atoms. The fourth-order valence-corrected chi connectivity index (χ4v) is 2.88. The van der Waals surface area contributed by atoms with Crippen LogP contribution >= 0.6 is 15.9 Å². The predicted molar refractivity (Wildman–Crippen MR) is 74.8 cm³/mol. The first-order valence-corrected chi connectivity index (χ1v) is 7.98. The molecule has 96 valence electrons. The number of halogens is 1. The number of rotatable bonds is 5. The molecular formula is C12H14BrN3OS. The zero-order valence-corrected chi connectivity index (χ0v) is 12.4. The summed E-state index contributed by atoms with van der Waals surface area (Å²) < 4.78 is 14.4. The number of nitrogens with zero attached hydrogens (tertiary/aromatic N) is 3. The van der Waals surface area contributed by atoms with Gasteiger partial charge in [0.15, 0.2) is 0 Å². The average molecular weight is 328 g/mol. The van der Waals surface area contributed by atoms with Gasteiger partial charge in [-0.25, -0.2) is 0 Å². The van der Waals surface area contributed by atoms with Gasteiger partial charge in [0.1, 0.15) is 6.33 Å². The minimum Gasteiger partial charge on any atom is -0.307 e. The summed E-state index contributed by atoms with van der Waals surface area (Å²) in [6.45, 7) is 0.781. The third-order valence-electron chi connectivity index (χ3n) is 2.64. The highest BCUT2D eigenvalue weighted by Gasteiger charge is 2.07. The molecule has 0 unspecified atom stereocenters. The summed E-state index contributed by atoms with van der Waals surface area (Å²) >= 11 is 3.53. The van der Waals surface area contributed by atoms with E-state index in [4.69, 9.17) is 0 Å². The molecule has 0 saturated heterocycles. The molecule has 0 radical (unpaired) electrons. The van der Waals surface area contributed by atoms with Crippen LogP contribution in [0.3, 0.4) is 0 Å². The van der Waals surface area contributed by atoms with E-state index in [2.05, 4.69) is 32.2 Å². The summed E-state index contributed by atoms with van der Waals surface area (Å²) in [7, 11) is -1.08. The van der Waals surface area contributed by atoms with E-state index in [0.717, 1.165) is 23.9 Å². The monoisotopic (exact) mass is 327 g/mol. The van der Waals surface area contributed by atoms with Crippen molar-refractivity contribution in [3.8, 4) is 0 Å². The van der Waals surface area contributed by atoms with E-state index in [0.29, 0.717) is 5.16 Å². The normalized spacial score (nSPS) is 12.6. The molecule has 2 aromatic rings. The van der Waals surface area contributed by atoms with Gasteiger partial charge in [0, 0.05) is 17.3 Å². The lowest BCUT2D eigenvalue weighted by Gasteiger charge is -2.06. The van der Waals surface area contributed by atoms with Crippen molar-refractivity contribution in [3.05, 3.63) is 40.6 Å². The number of hydrogen-bond donors (Lipinski definition) is 0. The lowest BCUT2D eigenvalue weighted by Crippen LogP contribution is -2.05. The third kappa shape index (κ3) is 3.26. The fraction of sp³-hybridized carbons (Fsp3) is 0.333. The van der Waals surface area contributed by atoms with E-state index in [9.17, 15) is 4.21 Å². The molecule has 18 heavy (non-hydrogen) atoms. The molecule has 6 heteroatoms. The topological polar surface area (TPSA) is 47.8 Å². The van der Waals surface area contributed by atoms with Crippen LogP contribution in [0, 0.1) is 0 Å². The van der Waals surface area contributed by atoms with Crippen LogP contribution in [0.5, 0.6) is 0 Å². The molecule has 0 saturated carbocycles. The molecule has 2 rings (SSSR count). The Labute approximate surface area is 117 Å². The lowest BCUT2D eigenvalue weighted by molar-refractivity contribution is 0.583. The number of benzene rings is 1. The van der Waals surface area contributed by atoms with Crippen molar-refractivity contribution in [2.24, 2.45) is 0 Å². The van der Waals surface area contributed by atoms with Crippen molar-refractivity contribution < 1.29 is 4.21 Å². The Bertz CT molecular complexity index is 556. The zero-order chi connectivity index (χ0) is 13.0. The summed E-state index contributed by atoms with van der Waals surface area (Å²) in [6, 6.07) is 8.19. The Morgan fingerprint density at radius 2 is 2.17 bits per heavy atom. The lowest BCUT2D eigenvalue weighted by atomic mass is 10.1. The van der Waals surface area contributed by atoms with Gasteiger partial charge in [-0.3, -0.25) is 4.21 Å². The summed E-state index contributed by atoms with van der Waals surface area (Å²) in [4.78, 5) is 0. The van der Waals surface area contributed by atoms with Crippen LogP contribution in [0.4, 0.5) is 0 Å². The van der Waals surface area contributed by atoms with E-state index < -0.39 is 10.8 Å². The van der Waals surface area contributed by atoms with Gasteiger partial charge in [-0.2, -0.15) is 0 Å². The van der Waals surface area contributed by atoms with Gasteiger partial charge < -0.3 is 4.57 Å². The first kappa shape index (κ1) is 13.4. The molecular weight excluding hydrogens is 314 g/mol. The number of aromatic nitrogens is 3. The van der Waals surface area contributed by atoms with Crippen molar-refractivity contribution in [1.82, 2.24) is 14.8 Å². The molecule has 0 N–H and O–H groups in total. The van der Waals surface area contributed by atoms with Gasteiger partial charge in [0.05, 0.1) is 10.8 Å². The van der Waals surface area contributed by atoms with Crippen molar-refractivity contribution in [2.75, 3.05) is 6.26 Å². The van der Waals surface area contributed by atoms with Crippen LogP contribution in [0.15, 0.2) is 40.2 Å². The highest BCUT2D eigenvalue weighted by molar-refractivity contribution is 9.10. The van der Waals surface area contributed by atoms with Gasteiger partial charge in [-0.05, 0) is 24.5 Å². The van der Waals surface area contributed by atoms with Crippen molar-refractivity contribution >= 4 is 26.7 Å². The second kappa shape index (κ2) is 6.24. The highest BCUT2D eigenvalue weighted by atomic mass is 79.9. The molecule has 1 atom stereocenters. The van der Waals surface area contributed by atoms with E-state index in [1.54, 1.807) is 12.6 Å². The third-order valence-corrected chi connectivity index (χ3v) is 4.24. The van der Waals surface area contributed by atoms with E-state index in [1.807, 2.05) is 22.8 Å². The van der Waals surface area contributed by atoms with E-state index >= 15 is 0 Å². The van der Waals surface area contributed by atoms with Crippen LogP contribution in [0.2, 0.25) is 0 Å². The van der Waals surface area contributed by atoms with Crippen molar-refractivity contribution in [3.63, 3.8) is 0 Å². The van der Waals surface area contributed by atoms with Gasteiger partial charge in [-0.15, -0.1) is 10.2 Å². The molecule has 0 aliphatic rings. The average Bonchev–Trinajstić information content (AvgIpc) is 2.80. The summed E-state index contributed by atoms with van der Waals surface area (Å²) in [6.07, 6.45) is 5.19. The predicted octanol–water partition coefficient (Wildman–Crippen LogP) is 2.41. The van der Waals surface area contributed by atoms with E-state index in [-0.39, 0.29) is 0 Å². The van der Waals surface area contributed by atoms with Crippen LogP contribution < -0.4 is 0 Å². The smallest absolute Gasteiger partial charge is 0.221 e. The Morgan fingerprint density at radius 1 is 1.39 bits per heavy atom. The SMILES string of the molecule is C[S@@](=O)c1nncn1CCCc1ccccc1Br. The molecule has 0 amide bonds. The van der Waals surface area contributed by atoms with E-state index in [1.165, 1.54) is 5.56 Å². The maximum atomic E-state index is 11.4. The maximum absolute atomic E-state index is 11.4. The second-order valence-electron chi connectivity index (χ2n) is 3.96. The van der Waals surface area contributed by atoms with Crippen molar-refractivity contribution in [1.29, 1.82) is 0 Å². The minimum atomic E-state index is -1.08. The molecule has 1 aromatic carbocycles. The van der Waals surface area contributed by atoms with Crippen LogP contribution in [-0.4, -0.2) is 25.2 Å². The Hall–Kier alpha value is -1.01. The summed E-state index contributed by atoms with van der Waals surface area (Å²) in [5.41, 5.74) is 1.28. The molecule has 4 nitrogen and oxygen atoms in total. The van der Waals surface area contributed by atoms with Gasteiger partial charge >= 0.3 is 0 Å². The summed E-state index contributed by atoms with van der Waals surface area (Å²) in [5, 5.41) is 8.20. The minimum absolute atomic E-state index is 0.544. The molecule has 1 aromatic heterocycles. The van der Waals surface area contributed by atoms with Crippen LogP contribution in [-0.2, 0) is 23.8 Å². The molecule has 0 aliphatic heterocycles. The van der Waals surface area contributed by atoms with Crippen LogP contribution in [0.25, 0.3) is 0 Å². The van der Waals surface area contributed by atoms with Crippen molar-refractivity contribution in [2.45, 2.75) is 24.5 Å². The first-order valence-electron chi connectivity index (χ1n) is 5.63. The Morgan fingerprint density at radius 3 is 2.89 bits per heavy atom. The standard InChI is InChI=1S/C12H14BrN3OS/c1-18(17)12-15-14-9-16(12)8-4-6-10-5-2-3-7-11(10)13/h2-3,5,7,9H,4,6,8H2,1H3/t18-/m1/s1. The fourth-order valence-electron chi connectivity index (χ4n) is 1.76. The zero-order valence-electron chi connectivity index (χ0n) is 10.0. The second-order valence-corrected chi connectivity index (χ2v) is 6.08. The van der Waals surface area contributed by atoms with Gasteiger partial charge in [0.2, 0.25) is 5.16 Å². The summed E-state index contributed by atoms with van der Waals surface area (Å²) in [5.74, 6) is 0. The van der Waals surface area contributed by atoms with Crippen LogP contribution in [0.1, 0.15) is 12.0 Å². The maximum Gasteiger partial charge on any atom is 0.221 e. The molecule has 0 aliphatic carbocycles. The largest absolute Gasteiger partial charge is 0.307 e. The van der Waals surface area contributed by atoms with Gasteiger partial charge in [-0.1, -0.05) is 34.1 Å². The molecule has 0 fully saturated rings. The highest BCUT2D eigenvalue weighted by Crippen LogP contribution is 2.17. The molecule has 1 heterocycles. The Balaban J connectivity index is 1.95. The van der Waals surface area contributed by atoms with Gasteiger partial charge in [0.25, 0.3) is 0 Å². The quantitative estimate of drug-likeness (QED) is 0.847. The number of aryl methyl sites for hydroxylation is 2. The Kier molecular flexibility index (Phi) is 4.66. The first-order chi connectivity index (χ1) is 8.68. The number of hydrogen-bond acceptors (Lipinski definition) is 3.